The second kappa shape index (κ2) is 8.31. The van der Waals surface area contributed by atoms with Crippen LogP contribution in [0.1, 0.15) is 44.9 Å². The van der Waals surface area contributed by atoms with Gasteiger partial charge in [-0.3, -0.25) is 9.48 Å². The molecule has 0 bridgehead atoms. The zero-order valence-corrected chi connectivity index (χ0v) is 18.3. The summed E-state index contributed by atoms with van der Waals surface area (Å²) in [6, 6.07) is 19.8. The Morgan fingerprint density at radius 2 is 1.71 bits per heavy atom. The maximum atomic E-state index is 13.3. The van der Waals surface area contributed by atoms with Crippen molar-refractivity contribution in [3.63, 3.8) is 0 Å². The van der Waals surface area contributed by atoms with E-state index in [0.29, 0.717) is 24.3 Å². The SMILES string of the molecule is CN(Cc1ccccc1)C(=O)c1nn(C)c2c1C[C@H](NC1Cc3ccccc3C1)CC2. The number of carbonyl (C=O) groups is 1. The fourth-order valence-corrected chi connectivity index (χ4v) is 5.22. The maximum absolute atomic E-state index is 13.3. The van der Waals surface area contributed by atoms with Gasteiger partial charge >= 0.3 is 0 Å². The summed E-state index contributed by atoms with van der Waals surface area (Å²) in [7, 11) is 3.83. The summed E-state index contributed by atoms with van der Waals surface area (Å²) in [5, 5.41) is 8.54. The molecule has 2 aliphatic rings. The Bertz CT molecular complexity index is 1060. The minimum Gasteiger partial charge on any atom is -0.336 e. The highest BCUT2D eigenvalue weighted by atomic mass is 16.2. The van der Waals surface area contributed by atoms with Gasteiger partial charge in [0.2, 0.25) is 0 Å². The molecule has 0 saturated heterocycles. The van der Waals surface area contributed by atoms with Gasteiger partial charge in [0.1, 0.15) is 0 Å². The van der Waals surface area contributed by atoms with Crippen LogP contribution in [0.4, 0.5) is 0 Å². The average Bonchev–Trinajstić information content (AvgIpc) is 3.34. The number of aromatic nitrogens is 2. The Hall–Kier alpha value is -2.92. The van der Waals surface area contributed by atoms with Gasteiger partial charge in [0.25, 0.3) is 5.91 Å². The second-order valence-electron chi connectivity index (χ2n) is 9.02. The zero-order valence-electron chi connectivity index (χ0n) is 18.3. The van der Waals surface area contributed by atoms with Crippen molar-refractivity contribution >= 4 is 5.91 Å². The van der Waals surface area contributed by atoms with Crippen LogP contribution in [0.2, 0.25) is 0 Å². The number of nitrogens with one attached hydrogen (secondary N) is 1. The smallest absolute Gasteiger partial charge is 0.274 e. The Balaban J connectivity index is 1.29. The van der Waals surface area contributed by atoms with Crippen LogP contribution >= 0.6 is 0 Å². The summed E-state index contributed by atoms with van der Waals surface area (Å²) in [5.74, 6) is 0.00891. The van der Waals surface area contributed by atoms with E-state index in [-0.39, 0.29) is 5.91 Å². The van der Waals surface area contributed by atoms with Crippen LogP contribution in [0.15, 0.2) is 54.6 Å². The molecular formula is C26H30N4O. The lowest BCUT2D eigenvalue weighted by Crippen LogP contribution is -2.42. The number of rotatable bonds is 5. The summed E-state index contributed by atoms with van der Waals surface area (Å²) < 4.78 is 1.92. The van der Waals surface area contributed by atoms with Crippen LogP contribution in [-0.2, 0) is 39.3 Å². The first-order chi connectivity index (χ1) is 15.1. The minimum absolute atomic E-state index is 0.00891. The standard InChI is InChI=1S/C26H30N4O/c1-29(17-18-8-4-3-5-9-18)26(31)25-23-16-21(12-13-24(23)30(2)28-25)27-22-14-19-10-6-7-11-20(19)15-22/h3-11,21-22,27H,12-17H2,1-2H3/t21-/m1/s1. The van der Waals surface area contributed by atoms with Crippen LogP contribution in [0.25, 0.3) is 0 Å². The molecule has 2 aliphatic carbocycles. The molecule has 160 valence electrons. The molecule has 0 unspecified atom stereocenters. The van der Waals surface area contributed by atoms with Crippen molar-refractivity contribution in [3.05, 3.63) is 88.2 Å². The first-order valence-corrected chi connectivity index (χ1v) is 11.3. The van der Waals surface area contributed by atoms with E-state index in [1.807, 2.05) is 37.0 Å². The van der Waals surface area contributed by atoms with Crippen LogP contribution < -0.4 is 5.32 Å². The van der Waals surface area contributed by atoms with Crippen LogP contribution in [-0.4, -0.2) is 39.7 Å². The van der Waals surface area contributed by atoms with Gasteiger partial charge in [0.15, 0.2) is 5.69 Å². The number of hydrogen-bond donors (Lipinski definition) is 1. The number of carbonyl (C=O) groups excluding carboxylic acids is 1. The van der Waals surface area contributed by atoms with Crippen molar-refractivity contribution < 1.29 is 4.79 Å². The van der Waals surface area contributed by atoms with Crippen molar-refractivity contribution in [2.45, 2.75) is 50.7 Å². The van der Waals surface area contributed by atoms with Gasteiger partial charge in [0, 0.05) is 44.0 Å². The van der Waals surface area contributed by atoms with Crippen molar-refractivity contribution in [1.29, 1.82) is 0 Å². The highest BCUT2D eigenvalue weighted by Gasteiger charge is 2.31. The van der Waals surface area contributed by atoms with Crippen molar-refractivity contribution in [1.82, 2.24) is 20.0 Å². The second-order valence-corrected chi connectivity index (χ2v) is 9.02. The summed E-state index contributed by atoms with van der Waals surface area (Å²) in [5.41, 5.74) is 7.03. The predicted molar refractivity (Wildman–Crippen MR) is 122 cm³/mol. The lowest BCUT2D eigenvalue weighted by atomic mass is 9.90. The van der Waals surface area contributed by atoms with Gasteiger partial charge in [-0.1, -0.05) is 54.6 Å². The Labute approximate surface area is 184 Å². The number of hydrogen-bond acceptors (Lipinski definition) is 3. The molecule has 0 radical (unpaired) electrons. The molecule has 3 aromatic rings. The third kappa shape index (κ3) is 4.02. The van der Waals surface area contributed by atoms with Gasteiger partial charge in [-0.05, 0) is 48.8 Å². The Kier molecular flexibility index (Phi) is 5.36. The molecule has 1 heterocycles. The van der Waals surface area contributed by atoms with E-state index in [1.165, 1.54) is 16.8 Å². The normalized spacial score (nSPS) is 17.9. The molecule has 0 saturated carbocycles. The van der Waals surface area contributed by atoms with Gasteiger partial charge < -0.3 is 10.2 Å². The molecule has 1 aromatic heterocycles. The number of aryl methyl sites for hydroxylation is 1. The largest absolute Gasteiger partial charge is 0.336 e. The van der Waals surface area contributed by atoms with E-state index in [9.17, 15) is 4.79 Å². The Morgan fingerprint density at radius 1 is 1.03 bits per heavy atom. The number of benzene rings is 2. The molecule has 1 amide bonds. The van der Waals surface area contributed by atoms with Crippen LogP contribution in [0.5, 0.6) is 0 Å². The van der Waals surface area contributed by atoms with E-state index in [1.54, 1.807) is 4.90 Å². The van der Waals surface area contributed by atoms with Gasteiger partial charge in [-0.15, -0.1) is 0 Å². The lowest BCUT2D eigenvalue weighted by Gasteiger charge is -2.27. The van der Waals surface area contributed by atoms with Crippen LogP contribution in [0, 0.1) is 0 Å². The first-order valence-electron chi connectivity index (χ1n) is 11.3. The van der Waals surface area contributed by atoms with Gasteiger partial charge in [0.05, 0.1) is 0 Å². The van der Waals surface area contributed by atoms with Crippen molar-refractivity contribution in [3.8, 4) is 0 Å². The fourth-order valence-electron chi connectivity index (χ4n) is 5.22. The summed E-state index contributed by atoms with van der Waals surface area (Å²) in [4.78, 5) is 15.0. The third-order valence-electron chi connectivity index (χ3n) is 6.79. The highest BCUT2D eigenvalue weighted by Crippen LogP contribution is 2.28. The number of fused-ring (bicyclic) bond motifs is 2. The molecule has 2 aromatic carbocycles. The number of nitrogens with zero attached hydrogens (tertiary/aromatic N) is 3. The minimum atomic E-state index is 0.00891. The molecule has 0 spiro atoms. The topological polar surface area (TPSA) is 50.2 Å². The molecule has 0 fully saturated rings. The van der Waals surface area contributed by atoms with Crippen LogP contribution in [0.3, 0.4) is 0 Å². The van der Waals surface area contributed by atoms with Gasteiger partial charge in [-0.25, -0.2) is 0 Å². The average molecular weight is 415 g/mol. The van der Waals surface area contributed by atoms with E-state index in [0.717, 1.165) is 43.2 Å². The molecule has 0 aliphatic heterocycles. The van der Waals surface area contributed by atoms with Crippen molar-refractivity contribution in [2.24, 2.45) is 7.05 Å². The predicted octanol–water partition coefficient (Wildman–Crippen LogP) is 3.31. The molecule has 5 heteroatoms. The molecule has 31 heavy (non-hydrogen) atoms. The zero-order chi connectivity index (χ0) is 21.4. The summed E-state index contributed by atoms with van der Waals surface area (Å²) in [6.45, 7) is 0.590. The number of amides is 1. The third-order valence-corrected chi connectivity index (χ3v) is 6.79. The lowest BCUT2D eigenvalue weighted by molar-refractivity contribution is 0.0777. The molecule has 5 nitrogen and oxygen atoms in total. The maximum Gasteiger partial charge on any atom is 0.274 e. The highest BCUT2D eigenvalue weighted by molar-refractivity contribution is 5.94. The van der Waals surface area contributed by atoms with E-state index in [2.05, 4.69) is 46.8 Å². The van der Waals surface area contributed by atoms with Gasteiger partial charge in [-0.2, -0.15) is 5.10 Å². The molecular weight excluding hydrogens is 384 g/mol. The first kappa shape index (κ1) is 20.0. The summed E-state index contributed by atoms with van der Waals surface area (Å²) >= 11 is 0. The van der Waals surface area contributed by atoms with E-state index >= 15 is 0 Å². The Morgan fingerprint density at radius 3 is 2.42 bits per heavy atom. The van der Waals surface area contributed by atoms with E-state index in [4.69, 9.17) is 0 Å². The monoisotopic (exact) mass is 414 g/mol. The summed E-state index contributed by atoms with van der Waals surface area (Å²) in [6.07, 6.45) is 5.12. The van der Waals surface area contributed by atoms with E-state index < -0.39 is 0 Å². The molecule has 1 atom stereocenters. The van der Waals surface area contributed by atoms with Crippen molar-refractivity contribution in [2.75, 3.05) is 7.05 Å². The fraction of sp³-hybridized carbons (Fsp3) is 0.385. The quantitative estimate of drug-likeness (QED) is 0.697. The molecule has 5 rings (SSSR count). The molecule has 1 N–H and O–H groups in total.